The largest absolute Gasteiger partial charge is 0.0683 e. The Bertz CT molecular complexity index is 1150. The van der Waals surface area contributed by atoms with Crippen LogP contribution in [0.3, 0.4) is 0 Å². The summed E-state index contributed by atoms with van der Waals surface area (Å²) in [5.41, 5.74) is 3.91. The average Bonchev–Trinajstić information content (AvgIpc) is 2.67. The summed E-state index contributed by atoms with van der Waals surface area (Å²) in [6.45, 7) is 6.15. The molecule has 122 valence electrons. The maximum atomic E-state index is 2.28. The molecule has 5 aromatic rings. The van der Waals surface area contributed by atoms with Gasteiger partial charge < -0.3 is 0 Å². The van der Waals surface area contributed by atoms with Crippen molar-refractivity contribution in [3.05, 3.63) is 84.4 Å². The summed E-state index contributed by atoms with van der Waals surface area (Å²) in [6, 6.07) is 28.9. The Hall–Kier alpha value is -2.86. The van der Waals surface area contributed by atoms with Crippen LogP contribution in [0.1, 0.15) is 19.4 Å². The van der Waals surface area contributed by atoms with Gasteiger partial charge in [-0.05, 0) is 50.4 Å². The number of rotatable bonds is 1. The molecule has 0 atom stereocenters. The molecule has 5 rings (SSSR count). The fourth-order valence-electron chi connectivity index (χ4n) is 3.80. The number of hydrogen-bond donors (Lipinski definition) is 0. The summed E-state index contributed by atoms with van der Waals surface area (Å²) in [4.78, 5) is 0. The minimum absolute atomic E-state index is 1.29. The first kappa shape index (κ1) is 15.7. The molecule has 0 heterocycles. The van der Waals surface area contributed by atoms with E-state index in [1.807, 2.05) is 13.8 Å². The van der Waals surface area contributed by atoms with Crippen LogP contribution in [0.5, 0.6) is 0 Å². The first-order chi connectivity index (χ1) is 12.3. The van der Waals surface area contributed by atoms with Gasteiger partial charge in [-0.15, -0.1) is 0 Å². The molecule has 0 aromatic heterocycles. The predicted molar refractivity (Wildman–Crippen MR) is 112 cm³/mol. The van der Waals surface area contributed by atoms with Gasteiger partial charge in [0.25, 0.3) is 0 Å². The third kappa shape index (κ3) is 2.46. The van der Waals surface area contributed by atoms with Crippen LogP contribution in [-0.2, 0) is 0 Å². The predicted octanol–water partition coefficient (Wildman–Crippen LogP) is 7.59. The van der Waals surface area contributed by atoms with Gasteiger partial charge in [-0.3, -0.25) is 0 Å². The molecule has 0 aliphatic carbocycles. The second-order valence-corrected chi connectivity index (χ2v) is 6.34. The minimum atomic E-state index is 1.29. The number of aryl methyl sites for hydroxylation is 1. The Morgan fingerprint density at radius 3 is 1.88 bits per heavy atom. The molecule has 0 saturated carbocycles. The third-order valence-electron chi connectivity index (χ3n) is 4.86. The molecule has 0 radical (unpaired) electrons. The molecule has 0 heteroatoms. The lowest BCUT2D eigenvalue weighted by Crippen LogP contribution is -1.87. The molecule has 0 N–H and O–H groups in total. The van der Waals surface area contributed by atoms with Crippen LogP contribution in [0, 0.1) is 6.92 Å². The van der Waals surface area contributed by atoms with Crippen molar-refractivity contribution >= 4 is 32.3 Å². The Kier molecular flexibility index (Phi) is 3.89. The highest BCUT2D eigenvalue weighted by Crippen LogP contribution is 2.39. The van der Waals surface area contributed by atoms with Crippen LogP contribution in [0.2, 0.25) is 0 Å². The SMILES string of the molecule is CC.Cc1cccc(-c2ccc3ccc4cccc5ccc2c3c45)c1. The van der Waals surface area contributed by atoms with Gasteiger partial charge in [-0.25, -0.2) is 0 Å². The van der Waals surface area contributed by atoms with Gasteiger partial charge in [0, 0.05) is 0 Å². The van der Waals surface area contributed by atoms with Crippen LogP contribution < -0.4 is 0 Å². The lowest BCUT2D eigenvalue weighted by atomic mass is 9.89. The summed E-state index contributed by atoms with van der Waals surface area (Å²) in [7, 11) is 0. The molecule has 0 unspecified atom stereocenters. The Morgan fingerprint density at radius 1 is 0.560 bits per heavy atom. The monoisotopic (exact) mass is 322 g/mol. The van der Waals surface area contributed by atoms with E-state index in [2.05, 4.69) is 85.8 Å². The zero-order valence-electron chi connectivity index (χ0n) is 15.0. The van der Waals surface area contributed by atoms with Gasteiger partial charge in [0.1, 0.15) is 0 Å². The van der Waals surface area contributed by atoms with Gasteiger partial charge in [0.2, 0.25) is 0 Å². The van der Waals surface area contributed by atoms with E-state index in [-0.39, 0.29) is 0 Å². The molecule has 5 aromatic carbocycles. The van der Waals surface area contributed by atoms with Crippen molar-refractivity contribution < 1.29 is 0 Å². The molecule has 0 nitrogen and oxygen atoms in total. The summed E-state index contributed by atoms with van der Waals surface area (Å²) in [5.74, 6) is 0. The molecule has 0 aliphatic rings. The van der Waals surface area contributed by atoms with E-state index in [1.165, 1.54) is 49.0 Å². The molecular weight excluding hydrogens is 300 g/mol. The van der Waals surface area contributed by atoms with Crippen LogP contribution in [0.15, 0.2) is 78.9 Å². The quantitative estimate of drug-likeness (QED) is 0.279. The van der Waals surface area contributed by atoms with E-state index in [0.717, 1.165) is 0 Å². The minimum Gasteiger partial charge on any atom is -0.0683 e. The zero-order chi connectivity index (χ0) is 17.4. The van der Waals surface area contributed by atoms with Crippen molar-refractivity contribution in [1.29, 1.82) is 0 Å². The molecule has 0 spiro atoms. The summed E-state index contributed by atoms with van der Waals surface area (Å²) in [6.07, 6.45) is 0. The maximum Gasteiger partial charge on any atom is -0.00206 e. The molecular formula is C25H22. The summed E-state index contributed by atoms with van der Waals surface area (Å²) < 4.78 is 0. The zero-order valence-corrected chi connectivity index (χ0v) is 15.0. The first-order valence-corrected chi connectivity index (χ1v) is 9.05. The molecule has 0 bridgehead atoms. The van der Waals surface area contributed by atoms with Gasteiger partial charge >= 0.3 is 0 Å². The van der Waals surface area contributed by atoms with Crippen LogP contribution in [-0.4, -0.2) is 0 Å². The molecule has 25 heavy (non-hydrogen) atoms. The van der Waals surface area contributed by atoms with Gasteiger partial charge in [0.15, 0.2) is 0 Å². The maximum absolute atomic E-state index is 2.28. The van der Waals surface area contributed by atoms with Crippen LogP contribution in [0.4, 0.5) is 0 Å². The first-order valence-electron chi connectivity index (χ1n) is 9.05. The lowest BCUT2D eigenvalue weighted by Gasteiger charge is -2.14. The van der Waals surface area contributed by atoms with E-state index in [0.29, 0.717) is 0 Å². The standard InChI is InChI=1S/C23H16.C2H6/c1-15-4-2-7-19(14-15)20-12-10-18-9-8-16-5-3-6-17-11-13-21(20)23(18)22(16)17;1-2/h2-14H,1H3;1-2H3. The normalized spacial score (nSPS) is 11.0. The Balaban J connectivity index is 0.000000758. The summed E-state index contributed by atoms with van der Waals surface area (Å²) >= 11 is 0. The highest BCUT2D eigenvalue weighted by atomic mass is 14.1. The molecule has 0 aliphatic heterocycles. The second-order valence-electron chi connectivity index (χ2n) is 6.34. The van der Waals surface area contributed by atoms with Crippen molar-refractivity contribution in [3.63, 3.8) is 0 Å². The van der Waals surface area contributed by atoms with Gasteiger partial charge in [-0.2, -0.15) is 0 Å². The topological polar surface area (TPSA) is 0 Å². The van der Waals surface area contributed by atoms with Crippen molar-refractivity contribution in [2.24, 2.45) is 0 Å². The lowest BCUT2D eigenvalue weighted by molar-refractivity contribution is 1.47. The van der Waals surface area contributed by atoms with Crippen molar-refractivity contribution in [2.75, 3.05) is 0 Å². The fourth-order valence-corrected chi connectivity index (χ4v) is 3.80. The third-order valence-corrected chi connectivity index (χ3v) is 4.86. The number of benzene rings is 5. The van der Waals surface area contributed by atoms with Crippen LogP contribution in [0.25, 0.3) is 43.4 Å². The fraction of sp³-hybridized carbons (Fsp3) is 0.120. The van der Waals surface area contributed by atoms with E-state index in [1.54, 1.807) is 0 Å². The molecule has 0 saturated heterocycles. The van der Waals surface area contributed by atoms with Crippen molar-refractivity contribution in [2.45, 2.75) is 20.8 Å². The Labute approximate surface area is 149 Å². The molecule has 0 fully saturated rings. The van der Waals surface area contributed by atoms with Crippen LogP contribution >= 0.6 is 0 Å². The average molecular weight is 322 g/mol. The smallest absolute Gasteiger partial charge is 0.00206 e. The van der Waals surface area contributed by atoms with E-state index >= 15 is 0 Å². The number of hydrogen-bond acceptors (Lipinski definition) is 0. The van der Waals surface area contributed by atoms with Gasteiger partial charge in [-0.1, -0.05) is 98.3 Å². The van der Waals surface area contributed by atoms with E-state index < -0.39 is 0 Å². The highest BCUT2D eigenvalue weighted by Gasteiger charge is 2.11. The molecule has 0 amide bonds. The second kappa shape index (κ2) is 6.22. The van der Waals surface area contributed by atoms with E-state index in [4.69, 9.17) is 0 Å². The van der Waals surface area contributed by atoms with Gasteiger partial charge in [0.05, 0.1) is 0 Å². The summed E-state index contributed by atoms with van der Waals surface area (Å²) in [5, 5.41) is 8.08. The van der Waals surface area contributed by atoms with Crippen molar-refractivity contribution in [1.82, 2.24) is 0 Å². The van der Waals surface area contributed by atoms with E-state index in [9.17, 15) is 0 Å². The van der Waals surface area contributed by atoms with Crippen molar-refractivity contribution in [3.8, 4) is 11.1 Å². The highest BCUT2D eigenvalue weighted by molar-refractivity contribution is 6.25. The Morgan fingerprint density at radius 2 is 1.16 bits per heavy atom.